The van der Waals surface area contributed by atoms with E-state index in [9.17, 15) is 4.79 Å². The van der Waals surface area contributed by atoms with Crippen molar-refractivity contribution in [2.45, 2.75) is 0 Å². The topological polar surface area (TPSA) is 87.7 Å². The van der Waals surface area contributed by atoms with Gasteiger partial charge in [-0.3, -0.25) is 4.79 Å². The Labute approximate surface area is 139 Å². The number of benzene rings is 2. The fourth-order valence-electron chi connectivity index (χ4n) is 1.65. The highest BCUT2D eigenvalue weighted by Gasteiger charge is 2.09. The van der Waals surface area contributed by atoms with Crippen LogP contribution in [-0.4, -0.2) is 17.0 Å². The minimum absolute atomic E-state index is 0.0246. The number of carbonyl (C=O) groups excluding carboxylic acids is 1. The number of amidine groups is 1. The van der Waals surface area contributed by atoms with E-state index in [1.807, 2.05) is 0 Å². The van der Waals surface area contributed by atoms with E-state index >= 15 is 0 Å². The Kier molecular flexibility index (Phi) is 5.03. The molecule has 2 rings (SSSR count). The second-order valence-corrected chi connectivity index (χ2v) is 5.72. The molecule has 2 aromatic carbocycles. The Morgan fingerprint density at radius 1 is 1.24 bits per heavy atom. The summed E-state index contributed by atoms with van der Waals surface area (Å²) in [5.74, 6) is -0.312. The van der Waals surface area contributed by atoms with Gasteiger partial charge in [0.15, 0.2) is 5.84 Å². The van der Waals surface area contributed by atoms with Gasteiger partial charge in [-0.25, -0.2) is 0 Å². The maximum absolute atomic E-state index is 12.1. The molecule has 0 aliphatic rings. The van der Waals surface area contributed by atoms with Crippen molar-refractivity contribution in [3.63, 3.8) is 0 Å². The van der Waals surface area contributed by atoms with Crippen molar-refractivity contribution < 1.29 is 10.0 Å². The van der Waals surface area contributed by atoms with Crippen LogP contribution in [0.3, 0.4) is 0 Å². The zero-order valence-electron chi connectivity index (χ0n) is 10.7. The number of oxime groups is 1. The Hall–Kier alpha value is -1.80. The number of nitrogens with zero attached hydrogens (tertiary/aromatic N) is 1. The van der Waals surface area contributed by atoms with Crippen molar-refractivity contribution in [1.82, 2.24) is 0 Å². The molecule has 2 aromatic rings. The van der Waals surface area contributed by atoms with Crippen LogP contribution in [-0.2, 0) is 0 Å². The van der Waals surface area contributed by atoms with Crippen LogP contribution in [0.15, 0.2) is 47.6 Å². The number of amides is 1. The molecule has 0 spiro atoms. The molecule has 108 valence electrons. The third-order valence-electron chi connectivity index (χ3n) is 2.71. The van der Waals surface area contributed by atoms with E-state index in [4.69, 9.17) is 22.5 Å². The molecule has 21 heavy (non-hydrogen) atoms. The first-order chi connectivity index (χ1) is 10.0. The standard InChI is InChI=1S/C14H11ClIN3O2/c15-11-7-9(4-5-12(11)16)14(20)18-10-3-1-2-8(6-10)13(17)19-21/h1-7,21H,(H2,17,19)(H,18,20). The van der Waals surface area contributed by atoms with E-state index < -0.39 is 0 Å². The third kappa shape index (κ3) is 3.85. The predicted molar refractivity (Wildman–Crippen MR) is 91.1 cm³/mol. The van der Waals surface area contributed by atoms with Gasteiger partial charge in [0.25, 0.3) is 5.91 Å². The van der Waals surface area contributed by atoms with E-state index in [1.165, 1.54) is 0 Å². The van der Waals surface area contributed by atoms with Crippen molar-refractivity contribution in [1.29, 1.82) is 0 Å². The largest absolute Gasteiger partial charge is 0.409 e. The lowest BCUT2D eigenvalue weighted by molar-refractivity contribution is 0.102. The summed E-state index contributed by atoms with van der Waals surface area (Å²) in [7, 11) is 0. The number of hydrogen-bond donors (Lipinski definition) is 3. The first-order valence-electron chi connectivity index (χ1n) is 5.85. The smallest absolute Gasteiger partial charge is 0.255 e. The molecule has 0 unspecified atom stereocenters. The second-order valence-electron chi connectivity index (χ2n) is 4.15. The first-order valence-corrected chi connectivity index (χ1v) is 7.31. The molecule has 0 fully saturated rings. The Balaban J connectivity index is 2.21. The van der Waals surface area contributed by atoms with Crippen molar-refractivity contribution in [2.24, 2.45) is 10.9 Å². The maximum atomic E-state index is 12.1. The summed E-state index contributed by atoms with van der Waals surface area (Å²) in [5.41, 5.74) is 7.01. The molecule has 0 saturated carbocycles. The van der Waals surface area contributed by atoms with E-state index in [0.717, 1.165) is 3.57 Å². The number of rotatable bonds is 3. The van der Waals surface area contributed by atoms with Crippen LogP contribution in [0.1, 0.15) is 15.9 Å². The molecule has 0 aromatic heterocycles. The lowest BCUT2D eigenvalue weighted by atomic mass is 10.1. The number of nitrogens with two attached hydrogens (primary N) is 1. The fourth-order valence-corrected chi connectivity index (χ4v) is 2.17. The van der Waals surface area contributed by atoms with Gasteiger partial charge in [0.1, 0.15) is 0 Å². The highest BCUT2D eigenvalue weighted by atomic mass is 127. The van der Waals surface area contributed by atoms with Gasteiger partial charge in [0.2, 0.25) is 0 Å². The first kappa shape index (κ1) is 15.6. The van der Waals surface area contributed by atoms with E-state index in [0.29, 0.717) is 21.8 Å². The van der Waals surface area contributed by atoms with Crippen molar-refractivity contribution in [3.05, 3.63) is 62.2 Å². The Morgan fingerprint density at radius 3 is 2.67 bits per heavy atom. The molecule has 4 N–H and O–H groups in total. The molecule has 7 heteroatoms. The van der Waals surface area contributed by atoms with Crippen molar-refractivity contribution >= 4 is 51.6 Å². The molecule has 0 saturated heterocycles. The maximum Gasteiger partial charge on any atom is 0.255 e. The van der Waals surface area contributed by atoms with Crippen LogP contribution < -0.4 is 11.1 Å². The van der Waals surface area contributed by atoms with Gasteiger partial charge in [0, 0.05) is 20.4 Å². The average Bonchev–Trinajstić information content (AvgIpc) is 2.49. The minimum Gasteiger partial charge on any atom is -0.409 e. The molecule has 0 aliphatic heterocycles. The molecule has 0 heterocycles. The zero-order valence-corrected chi connectivity index (χ0v) is 13.6. The summed E-state index contributed by atoms with van der Waals surface area (Å²) < 4.78 is 0.875. The number of nitrogens with one attached hydrogen (secondary N) is 1. The van der Waals surface area contributed by atoms with Crippen molar-refractivity contribution in [3.8, 4) is 0 Å². The highest BCUT2D eigenvalue weighted by Crippen LogP contribution is 2.20. The molecule has 0 aliphatic carbocycles. The van der Waals surface area contributed by atoms with Gasteiger partial charge in [-0.1, -0.05) is 28.9 Å². The summed E-state index contributed by atoms with van der Waals surface area (Å²) in [6.45, 7) is 0. The summed E-state index contributed by atoms with van der Waals surface area (Å²) in [6.07, 6.45) is 0. The minimum atomic E-state index is -0.287. The molecule has 1 amide bonds. The lowest BCUT2D eigenvalue weighted by Crippen LogP contribution is -2.15. The summed E-state index contributed by atoms with van der Waals surface area (Å²) in [4.78, 5) is 12.1. The molecule has 5 nitrogen and oxygen atoms in total. The van der Waals surface area contributed by atoms with Crippen LogP contribution in [0.2, 0.25) is 5.02 Å². The zero-order chi connectivity index (χ0) is 15.4. The van der Waals surface area contributed by atoms with Gasteiger partial charge in [0.05, 0.1) is 5.02 Å². The van der Waals surface area contributed by atoms with Crippen LogP contribution >= 0.6 is 34.2 Å². The molecular formula is C14H11ClIN3O2. The number of hydrogen-bond acceptors (Lipinski definition) is 3. The summed E-state index contributed by atoms with van der Waals surface area (Å²) >= 11 is 8.09. The lowest BCUT2D eigenvalue weighted by Gasteiger charge is -2.07. The fraction of sp³-hybridized carbons (Fsp3) is 0. The Bertz CT molecular complexity index is 719. The van der Waals surface area contributed by atoms with Gasteiger partial charge >= 0.3 is 0 Å². The van der Waals surface area contributed by atoms with Gasteiger partial charge < -0.3 is 16.3 Å². The van der Waals surface area contributed by atoms with Gasteiger partial charge in [-0.05, 0) is 52.9 Å². The van der Waals surface area contributed by atoms with Crippen LogP contribution in [0, 0.1) is 3.57 Å². The van der Waals surface area contributed by atoms with E-state index in [1.54, 1.807) is 42.5 Å². The number of carbonyl (C=O) groups is 1. The van der Waals surface area contributed by atoms with E-state index in [2.05, 4.69) is 33.1 Å². The SMILES string of the molecule is N/C(=N/O)c1cccc(NC(=O)c2ccc(I)c(Cl)c2)c1. The monoisotopic (exact) mass is 415 g/mol. The van der Waals surface area contributed by atoms with Gasteiger partial charge in [-0.15, -0.1) is 0 Å². The summed E-state index contributed by atoms with van der Waals surface area (Å²) in [5, 5.41) is 14.8. The third-order valence-corrected chi connectivity index (χ3v) is 4.28. The second kappa shape index (κ2) is 6.77. The van der Waals surface area contributed by atoms with Crippen molar-refractivity contribution in [2.75, 3.05) is 5.32 Å². The normalized spacial score (nSPS) is 11.2. The predicted octanol–water partition coefficient (Wildman–Crippen LogP) is 3.29. The Morgan fingerprint density at radius 2 is 2.00 bits per heavy atom. The van der Waals surface area contributed by atoms with E-state index in [-0.39, 0.29) is 11.7 Å². The quantitative estimate of drug-likeness (QED) is 0.236. The van der Waals surface area contributed by atoms with Crippen LogP contribution in [0.25, 0.3) is 0 Å². The summed E-state index contributed by atoms with van der Waals surface area (Å²) in [6, 6.07) is 11.8. The number of anilines is 1. The molecule has 0 radical (unpaired) electrons. The van der Waals surface area contributed by atoms with Gasteiger partial charge in [-0.2, -0.15) is 0 Å². The molecule has 0 atom stereocenters. The van der Waals surface area contributed by atoms with Crippen LogP contribution in [0.5, 0.6) is 0 Å². The van der Waals surface area contributed by atoms with Crippen LogP contribution in [0.4, 0.5) is 5.69 Å². The number of halogens is 2. The average molecular weight is 416 g/mol. The highest BCUT2D eigenvalue weighted by molar-refractivity contribution is 14.1. The molecular weight excluding hydrogens is 405 g/mol. The molecule has 0 bridgehead atoms.